The molecule has 2 aromatic carbocycles. The Morgan fingerprint density at radius 2 is 1.69 bits per heavy atom. The van der Waals surface area contributed by atoms with Crippen molar-refractivity contribution in [1.82, 2.24) is 0 Å². The van der Waals surface area contributed by atoms with E-state index in [1.165, 1.54) is 14.0 Å². The maximum Gasteiger partial charge on any atom is 0.340 e. The third-order valence-corrected chi connectivity index (χ3v) is 4.81. The van der Waals surface area contributed by atoms with Crippen LogP contribution in [0.1, 0.15) is 27.6 Å². The van der Waals surface area contributed by atoms with Crippen LogP contribution in [0, 0.1) is 0 Å². The Kier molecular flexibility index (Phi) is 7.79. The van der Waals surface area contributed by atoms with Gasteiger partial charge in [-0.05, 0) is 43.3 Å². The minimum atomic E-state index is -1.06. The van der Waals surface area contributed by atoms with Crippen LogP contribution < -0.4 is 11.1 Å². The first-order chi connectivity index (χ1) is 13.8. The Balaban J connectivity index is 1.97. The first-order valence-corrected chi connectivity index (χ1v) is 9.50. The molecule has 0 aliphatic heterocycles. The topological polar surface area (TPSA) is 125 Å². The number of ether oxygens (including phenoxy) is 2. The summed E-state index contributed by atoms with van der Waals surface area (Å²) in [5.74, 6) is -2.17. The highest BCUT2D eigenvalue weighted by Crippen LogP contribution is 2.24. The largest absolute Gasteiger partial charge is 0.465 e. The Bertz CT molecular complexity index is 913. The maximum atomic E-state index is 12.2. The van der Waals surface area contributed by atoms with E-state index in [9.17, 15) is 19.2 Å². The standard InChI is InChI=1S/C20H20N2O6S/c1-12(18(21)24)28-20(26)15-5-3-4-6-16(15)29-11-17(23)22-14-9-7-13(8-10-14)19(25)27-2/h3-10,12H,11H2,1-2H3,(H2,21,24)(H,22,23)/t12-/m0/s1. The summed E-state index contributed by atoms with van der Waals surface area (Å²) in [5.41, 5.74) is 6.24. The molecule has 0 heterocycles. The summed E-state index contributed by atoms with van der Waals surface area (Å²) < 4.78 is 9.63. The molecule has 0 aromatic heterocycles. The van der Waals surface area contributed by atoms with Gasteiger partial charge in [-0.2, -0.15) is 0 Å². The van der Waals surface area contributed by atoms with Gasteiger partial charge in [0.25, 0.3) is 5.91 Å². The molecule has 1 atom stereocenters. The lowest BCUT2D eigenvalue weighted by atomic mass is 10.2. The number of hydrogen-bond donors (Lipinski definition) is 2. The molecule has 0 aliphatic rings. The highest BCUT2D eigenvalue weighted by Gasteiger charge is 2.19. The molecule has 0 saturated carbocycles. The summed E-state index contributed by atoms with van der Waals surface area (Å²) in [6, 6.07) is 12.9. The molecule has 2 aromatic rings. The summed E-state index contributed by atoms with van der Waals surface area (Å²) in [6.07, 6.45) is -1.06. The van der Waals surface area contributed by atoms with E-state index < -0.39 is 23.9 Å². The summed E-state index contributed by atoms with van der Waals surface area (Å²) in [6.45, 7) is 1.38. The zero-order valence-electron chi connectivity index (χ0n) is 15.8. The van der Waals surface area contributed by atoms with Gasteiger partial charge in [0.15, 0.2) is 6.10 Å². The molecule has 0 saturated heterocycles. The van der Waals surface area contributed by atoms with Gasteiger partial charge >= 0.3 is 11.9 Å². The number of carbonyl (C=O) groups excluding carboxylic acids is 4. The Morgan fingerprint density at radius 1 is 1.03 bits per heavy atom. The van der Waals surface area contributed by atoms with Gasteiger partial charge in [-0.15, -0.1) is 11.8 Å². The number of anilines is 1. The molecule has 8 nitrogen and oxygen atoms in total. The molecule has 29 heavy (non-hydrogen) atoms. The molecular formula is C20H20N2O6S. The fourth-order valence-corrected chi connectivity index (χ4v) is 3.03. The number of amides is 2. The zero-order valence-corrected chi connectivity index (χ0v) is 16.7. The van der Waals surface area contributed by atoms with Gasteiger partial charge in [-0.25, -0.2) is 9.59 Å². The second-order valence-corrected chi connectivity index (χ2v) is 6.87. The number of methoxy groups -OCH3 is 1. The van der Waals surface area contributed by atoms with Crippen molar-refractivity contribution in [3.63, 3.8) is 0 Å². The number of rotatable bonds is 8. The molecule has 0 aliphatic carbocycles. The normalized spacial score (nSPS) is 11.2. The van der Waals surface area contributed by atoms with Gasteiger partial charge in [0.2, 0.25) is 5.91 Å². The average molecular weight is 416 g/mol. The Labute approximate surface area is 171 Å². The van der Waals surface area contributed by atoms with Crippen molar-refractivity contribution in [2.24, 2.45) is 5.73 Å². The van der Waals surface area contributed by atoms with Gasteiger partial charge < -0.3 is 20.5 Å². The van der Waals surface area contributed by atoms with Crippen LogP contribution in [-0.4, -0.2) is 42.7 Å². The number of carbonyl (C=O) groups is 4. The second-order valence-electron chi connectivity index (χ2n) is 5.85. The van der Waals surface area contributed by atoms with Crippen LogP contribution in [0.4, 0.5) is 5.69 Å². The summed E-state index contributed by atoms with van der Waals surface area (Å²) in [4.78, 5) is 47.5. The number of nitrogens with one attached hydrogen (secondary N) is 1. The van der Waals surface area contributed by atoms with Gasteiger partial charge in [0.1, 0.15) is 0 Å². The van der Waals surface area contributed by atoms with Crippen molar-refractivity contribution in [3.8, 4) is 0 Å². The van der Waals surface area contributed by atoms with Crippen LogP contribution in [-0.2, 0) is 19.1 Å². The van der Waals surface area contributed by atoms with Gasteiger partial charge in [-0.1, -0.05) is 12.1 Å². The molecule has 0 fully saturated rings. The summed E-state index contributed by atoms with van der Waals surface area (Å²) in [5, 5.41) is 2.70. The van der Waals surface area contributed by atoms with E-state index in [-0.39, 0.29) is 17.2 Å². The van der Waals surface area contributed by atoms with E-state index in [2.05, 4.69) is 10.1 Å². The van der Waals surface area contributed by atoms with E-state index in [1.54, 1.807) is 48.5 Å². The summed E-state index contributed by atoms with van der Waals surface area (Å²) in [7, 11) is 1.29. The van der Waals surface area contributed by atoms with Crippen LogP contribution in [0.3, 0.4) is 0 Å². The lowest BCUT2D eigenvalue weighted by Crippen LogP contribution is -2.30. The first-order valence-electron chi connectivity index (χ1n) is 8.52. The number of primary amides is 1. The monoisotopic (exact) mass is 416 g/mol. The molecule has 0 unspecified atom stereocenters. The van der Waals surface area contributed by atoms with Gasteiger partial charge in [0, 0.05) is 10.6 Å². The third kappa shape index (κ3) is 6.35. The second kappa shape index (κ2) is 10.3. The third-order valence-electron chi connectivity index (χ3n) is 3.74. The molecular weight excluding hydrogens is 396 g/mol. The molecule has 152 valence electrons. The van der Waals surface area contributed by atoms with Crippen LogP contribution in [0.5, 0.6) is 0 Å². The van der Waals surface area contributed by atoms with E-state index in [1.807, 2.05) is 0 Å². The van der Waals surface area contributed by atoms with Crippen LogP contribution >= 0.6 is 11.8 Å². The molecule has 2 amide bonds. The van der Waals surface area contributed by atoms with Gasteiger partial charge in [-0.3, -0.25) is 9.59 Å². The SMILES string of the molecule is COC(=O)c1ccc(NC(=O)CSc2ccccc2C(=O)O[C@@H](C)C(N)=O)cc1. The predicted molar refractivity (Wildman–Crippen MR) is 108 cm³/mol. The van der Waals surface area contributed by atoms with Crippen molar-refractivity contribution in [2.45, 2.75) is 17.9 Å². The van der Waals surface area contributed by atoms with Crippen molar-refractivity contribution in [1.29, 1.82) is 0 Å². The molecule has 2 rings (SSSR count). The Morgan fingerprint density at radius 3 is 2.31 bits per heavy atom. The smallest absolute Gasteiger partial charge is 0.340 e. The molecule has 9 heteroatoms. The molecule has 0 bridgehead atoms. The van der Waals surface area contributed by atoms with Crippen LogP contribution in [0.2, 0.25) is 0 Å². The maximum absolute atomic E-state index is 12.2. The zero-order chi connectivity index (χ0) is 21.4. The number of hydrogen-bond acceptors (Lipinski definition) is 7. The fourth-order valence-electron chi connectivity index (χ4n) is 2.19. The fraction of sp³-hybridized carbons (Fsp3) is 0.200. The minimum absolute atomic E-state index is 0.0361. The van der Waals surface area contributed by atoms with E-state index >= 15 is 0 Å². The quantitative estimate of drug-likeness (QED) is 0.499. The molecule has 0 spiro atoms. The summed E-state index contributed by atoms with van der Waals surface area (Å²) >= 11 is 1.15. The van der Waals surface area contributed by atoms with Crippen molar-refractivity contribution >= 4 is 41.2 Å². The van der Waals surface area contributed by atoms with E-state index in [4.69, 9.17) is 10.5 Å². The molecule has 0 radical (unpaired) electrons. The van der Waals surface area contributed by atoms with Crippen molar-refractivity contribution in [3.05, 3.63) is 59.7 Å². The van der Waals surface area contributed by atoms with Crippen LogP contribution in [0.15, 0.2) is 53.4 Å². The predicted octanol–water partition coefficient (Wildman–Crippen LogP) is 2.23. The lowest BCUT2D eigenvalue weighted by Gasteiger charge is -2.12. The number of nitrogens with two attached hydrogens (primary N) is 1. The minimum Gasteiger partial charge on any atom is -0.465 e. The highest BCUT2D eigenvalue weighted by molar-refractivity contribution is 8.00. The van der Waals surface area contributed by atoms with Crippen molar-refractivity contribution < 1.29 is 28.7 Å². The highest BCUT2D eigenvalue weighted by atomic mass is 32.2. The van der Waals surface area contributed by atoms with Gasteiger partial charge in [0.05, 0.1) is 24.0 Å². The number of benzene rings is 2. The first kappa shape index (κ1) is 22.0. The van der Waals surface area contributed by atoms with E-state index in [0.717, 1.165) is 11.8 Å². The van der Waals surface area contributed by atoms with E-state index in [0.29, 0.717) is 16.1 Å². The lowest BCUT2D eigenvalue weighted by molar-refractivity contribution is -0.125. The van der Waals surface area contributed by atoms with Crippen molar-refractivity contribution in [2.75, 3.05) is 18.2 Å². The number of esters is 2. The Hall–Kier alpha value is -3.33. The average Bonchev–Trinajstić information content (AvgIpc) is 2.72. The molecule has 3 N–H and O–H groups in total. The number of thioether (sulfide) groups is 1. The van der Waals surface area contributed by atoms with Crippen LogP contribution in [0.25, 0.3) is 0 Å².